The normalized spacial score (nSPS) is 10.2. The average Bonchev–Trinajstić information content (AvgIpc) is 2.44. The highest BCUT2D eigenvalue weighted by molar-refractivity contribution is 6.03. The Morgan fingerprint density at radius 2 is 2.10 bits per heavy atom. The van der Waals surface area contributed by atoms with Gasteiger partial charge in [-0.25, -0.2) is 14.4 Å². The summed E-state index contributed by atoms with van der Waals surface area (Å²) in [5.74, 6) is -0.222. The van der Waals surface area contributed by atoms with Crippen LogP contribution in [0, 0.1) is 12.7 Å². The van der Waals surface area contributed by atoms with Gasteiger partial charge >= 0.3 is 0 Å². The Labute approximate surface area is 116 Å². The van der Waals surface area contributed by atoms with Crippen molar-refractivity contribution in [3.8, 4) is 0 Å². The molecule has 0 fully saturated rings. The molecule has 0 aliphatic carbocycles. The number of carbonyl (C=O) groups excluding carboxylic acids is 1. The summed E-state index contributed by atoms with van der Waals surface area (Å²) in [4.78, 5) is 20.1. The standard InChI is InChI=1S/C14H15FN4O/c1-3-16-13-8-17-12(7-18-13)14(20)19-11-6-10(15)5-4-9(11)2/h4-8H,3H2,1-2H3,(H,16,18)(H,19,20). The molecule has 2 rings (SSSR count). The maximum Gasteiger partial charge on any atom is 0.275 e. The fourth-order valence-corrected chi connectivity index (χ4v) is 1.63. The van der Waals surface area contributed by atoms with Crippen LogP contribution in [0.3, 0.4) is 0 Å². The third-order valence-corrected chi connectivity index (χ3v) is 2.69. The second-order valence-electron chi connectivity index (χ2n) is 4.23. The summed E-state index contributed by atoms with van der Waals surface area (Å²) in [5.41, 5.74) is 1.37. The maximum atomic E-state index is 13.2. The summed E-state index contributed by atoms with van der Waals surface area (Å²) in [7, 11) is 0. The third-order valence-electron chi connectivity index (χ3n) is 2.69. The Morgan fingerprint density at radius 3 is 2.75 bits per heavy atom. The highest BCUT2D eigenvalue weighted by Gasteiger charge is 2.10. The fraction of sp³-hybridized carbons (Fsp3) is 0.214. The van der Waals surface area contributed by atoms with E-state index in [9.17, 15) is 9.18 Å². The topological polar surface area (TPSA) is 66.9 Å². The first kappa shape index (κ1) is 13.9. The van der Waals surface area contributed by atoms with E-state index in [1.54, 1.807) is 13.0 Å². The summed E-state index contributed by atoms with van der Waals surface area (Å²) in [6.45, 7) is 4.45. The zero-order chi connectivity index (χ0) is 14.5. The van der Waals surface area contributed by atoms with E-state index in [0.29, 0.717) is 11.5 Å². The number of carbonyl (C=O) groups is 1. The van der Waals surface area contributed by atoms with Gasteiger partial charge in [0.2, 0.25) is 0 Å². The molecule has 20 heavy (non-hydrogen) atoms. The first-order chi connectivity index (χ1) is 9.60. The van der Waals surface area contributed by atoms with E-state index < -0.39 is 11.7 Å². The number of amides is 1. The molecule has 0 aliphatic heterocycles. The first-order valence-corrected chi connectivity index (χ1v) is 6.23. The quantitative estimate of drug-likeness (QED) is 0.899. The Morgan fingerprint density at radius 1 is 1.30 bits per heavy atom. The average molecular weight is 274 g/mol. The lowest BCUT2D eigenvalue weighted by atomic mass is 10.2. The predicted molar refractivity (Wildman–Crippen MR) is 75.3 cm³/mol. The summed E-state index contributed by atoms with van der Waals surface area (Å²) in [6.07, 6.45) is 2.86. The molecule has 0 spiro atoms. The molecule has 1 heterocycles. The summed E-state index contributed by atoms with van der Waals surface area (Å²) >= 11 is 0. The van der Waals surface area contributed by atoms with E-state index in [-0.39, 0.29) is 5.69 Å². The van der Waals surface area contributed by atoms with Crippen molar-refractivity contribution in [3.63, 3.8) is 0 Å². The lowest BCUT2D eigenvalue weighted by molar-refractivity contribution is 0.102. The van der Waals surface area contributed by atoms with Crippen LogP contribution < -0.4 is 10.6 Å². The molecule has 0 atom stereocenters. The molecule has 0 radical (unpaired) electrons. The number of nitrogens with one attached hydrogen (secondary N) is 2. The third kappa shape index (κ3) is 3.28. The number of nitrogens with zero attached hydrogens (tertiary/aromatic N) is 2. The molecule has 2 N–H and O–H groups in total. The van der Waals surface area contributed by atoms with Crippen LogP contribution in [0.1, 0.15) is 23.0 Å². The van der Waals surface area contributed by atoms with Crippen molar-refractivity contribution in [2.75, 3.05) is 17.2 Å². The second kappa shape index (κ2) is 6.10. The van der Waals surface area contributed by atoms with Crippen LogP contribution in [0.5, 0.6) is 0 Å². The molecular formula is C14H15FN4O. The highest BCUT2D eigenvalue weighted by atomic mass is 19.1. The predicted octanol–water partition coefficient (Wildman–Crippen LogP) is 2.61. The number of rotatable bonds is 4. The van der Waals surface area contributed by atoms with Crippen molar-refractivity contribution in [1.29, 1.82) is 0 Å². The lowest BCUT2D eigenvalue weighted by Gasteiger charge is -2.08. The second-order valence-corrected chi connectivity index (χ2v) is 4.23. The van der Waals surface area contributed by atoms with Crippen molar-refractivity contribution in [1.82, 2.24) is 9.97 Å². The van der Waals surface area contributed by atoms with E-state index in [4.69, 9.17) is 0 Å². The van der Waals surface area contributed by atoms with Gasteiger partial charge in [-0.15, -0.1) is 0 Å². The molecule has 0 unspecified atom stereocenters. The Bertz CT molecular complexity index is 613. The van der Waals surface area contributed by atoms with Gasteiger partial charge in [0.15, 0.2) is 0 Å². The van der Waals surface area contributed by atoms with Gasteiger partial charge in [-0.2, -0.15) is 0 Å². The molecule has 0 bridgehead atoms. The number of hydrogen-bond donors (Lipinski definition) is 2. The van der Waals surface area contributed by atoms with Crippen LogP contribution >= 0.6 is 0 Å². The van der Waals surface area contributed by atoms with Crippen molar-refractivity contribution < 1.29 is 9.18 Å². The van der Waals surface area contributed by atoms with Gasteiger partial charge in [-0.3, -0.25) is 4.79 Å². The number of hydrogen-bond acceptors (Lipinski definition) is 4. The van der Waals surface area contributed by atoms with Crippen LogP contribution in [-0.2, 0) is 0 Å². The Kier molecular flexibility index (Phi) is 4.24. The molecule has 0 aliphatic rings. The molecule has 104 valence electrons. The minimum Gasteiger partial charge on any atom is -0.369 e. The molecular weight excluding hydrogens is 259 g/mol. The van der Waals surface area contributed by atoms with Crippen LogP contribution in [0.25, 0.3) is 0 Å². The van der Waals surface area contributed by atoms with E-state index in [1.165, 1.54) is 24.5 Å². The highest BCUT2D eigenvalue weighted by Crippen LogP contribution is 2.16. The molecule has 1 aromatic carbocycles. The zero-order valence-corrected chi connectivity index (χ0v) is 11.3. The molecule has 1 amide bonds. The number of aromatic nitrogens is 2. The lowest BCUT2D eigenvalue weighted by Crippen LogP contribution is -2.15. The van der Waals surface area contributed by atoms with E-state index >= 15 is 0 Å². The summed E-state index contributed by atoms with van der Waals surface area (Å²) in [6, 6.07) is 4.22. The van der Waals surface area contributed by atoms with Crippen LogP contribution in [0.4, 0.5) is 15.9 Å². The van der Waals surface area contributed by atoms with Gasteiger partial charge in [0.25, 0.3) is 5.91 Å². The maximum absolute atomic E-state index is 13.2. The number of aryl methyl sites for hydroxylation is 1. The monoisotopic (exact) mass is 274 g/mol. The minimum absolute atomic E-state index is 0.176. The molecule has 0 saturated carbocycles. The van der Waals surface area contributed by atoms with Crippen LogP contribution in [0.15, 0.2) is 30.6 Å². The van der Waals surface area contributed by atoms with E-state index in [0.717, 1.165) is 12.1 Å². The summed E-state index contributed by atoms with van der Waals surface area (Å²) < 4.78 is 13.2. The first-order valence-electron chi connectivity index (χ1n) is 6.23. The molecule has 5 nitrogen and oxygen atoms in total. The minimum atomic E-state index is -0.422. The van der Waals surface area contributed by atoms with Gasteiger partial charge < -0.3 is 10.6 Å². The van der Waals surface area contributed by atoms with Crippen molar-refractivity contribution in [2.24, 2.45) is 0 Å². The smallest absolute Gasteiger partial charge is 0.275 e. The zero-order valence-electron chi connectivity index (χ0n) is 11.3. The fourth-order valence-electron chi connectivity index (χ4n) is 1.63. The number of halogens is 1. The molecule has 0 saturated heterocycles. The van der Waals surface area contributed by atoms with Crippen molar-refractivity contribution >= 4 is 17.4 Å². The van der Waals surface area contributed by atoms with Gasteiger partial charge in [-0.05, 0) is 31.5 Å². The van der Waals surface area contributed by atoms with Crippen molar-refractivity contribution in [2.45, 2.75) is 13.8 Å². The number of benzene rings is 1. The van der Waals surface area contributed by atoms with E-state index in [1.807, 2.05) is 6.92 Å². The summed E-state index contributed by atoms with van der Waals surface area (Å²) in [5, 5.41) is 5.60. The Balaban J connectivity index is 2.13. The van der Waals surface area contributed by atoms with Gasteiger partial charge in [0, 0.05) is 12.2 Å². The largest absolute Gasteiger partial charge is 0.369 e. The SMILES string of the molecule is CCNc1cnc(C(=O)Nc2cc(F)ccc2C)cn1. The van der Waals surface area contributed by atoms with Gasteiger partial charge in [0.1, 0.15) is 17.3 Å². The van der Waals surface area contributed by atoms with Crippen LogP contribution in [0.2, 0.25) is 0 Å². The Hall–Kier alpha value is -2.50. The number of anilines is 2. The van der Waals surface area contributed by atoms with Crippen molar-refractivity contribution in [3.05, 3.63) is 47.7 Å². The van der Waals surface area contributed by atoms with E-state index in [2.05, 4.69) is 20.6 Å². The van der Waals surface area contributed by atoms with Crippen LogP contribution in [-0.4, -0.2) is 22.4 Å². The van der Waals surface area contributed by atoms with Gasteiger partial charge in [0.05, 0.1) is 12.4 Å². The molecule has 6 heteroatoms. The molecule has 2 aromatic rings. The molecule has 1 aromatic heterocycles. The van der Waals surface area contributed by atoms with Gasteiger partial charge in [-0.1, -0.05) is 6.07 Å².